The van der Waals surface area contributed by atoms with Crippen molar-refractivity contribution in [3.63, 3.8) is 0 Å². The molecule has 2 aromatic carbocycles. The number of halogens is 2. The predicted octanol–water partition coefficient (Wildman–Crippen LogP) is 3.17. The van der Waals surface area contributed by atoms with Crippen LogP contribution in [0.25, 0.3) is 0 Å². The third kappa shape index (κ3) is 3.13. The highest BCUT2D eigenvalue weighted by molar-refractivity contribution is 5.61. The number of nitrogens with two attached hydrogens (primary N) is 1. The molecule has 0 aliphatic carbocycles. The first-order valence-corrected chi connectivity index (χ1v) is 5.71. The second-order valence-corrected chi connectivity index (χ2v) is 4.05. The Hall–Kier alpha value is -2.30. The average Bonchev–Trinajstić information content (AvgIpc) is 2.39. The van der Waals surface area contributed by atoms with E-state index in [1.54, 1.807) is 18.2 Å². The summed E-state index contributed by atoms with van der Waals surface area (Å²) in [6, 6.07) is 8.68. The van der Waals surface area contributed by atoms with E-state index in [-0.39, 0.29) is 6.54 Å². The van der Waals surface area contributed by atoms with E-state index in [1.807, 2.05) is 0 Å². The fraction of sp³-hybridized carbons (Fsp3) is 0.143. The number of methoxy groups -OCH3 is 1. The molecule has 0 aliphatic heterocycles. The molecule has 2 aromatic rings. The van der Waals surface area contributed by atoms with Gasteiger partial charge in [-0.25, -0.2) is 8.78 Å². The van der Waals surface area contributed by atoms with Crippen LogP contribution < -0.4 is 15.8 Å². The Labute approximate surface area is 110 Å². The maximum absolute atomic E-state index is 13.4. The van der Waals surface area contributed by atoms with E-state index < -0.39 is 11.6 Å². The lowest BCUT2D eigenvalue weighted by molar-refractivity contribution is 0.417. The summed E-state index contributed by atoms with van der Waals surface area (Å²) in [5.41, 5.74) is 7.35. The molecule has 100 valence electrons. The summed E-state index contributed by atoms with van der Waals surface area (Å²) in [6.07, 6.45) is 0. The van der Waals surface area contributed by atoms with Gasteiger partial charge in [-0.2, -0.15) is 0 Å². The third-order valence-electron chi connectivity index (χ3n) is 2.73. The van der Waals surface area contributed by atoms with Gasteiger partial charge in [-0.05, 0) is 18.2 Å². The molecule has 0 bridgehead atoms. The topological polar surface area (TPSA) is 47.3 Å². The summed E-state index contributed by atoms with van der Waals surface area (Å²) < 4.78 is 31.3. The lowest BCUT2D eigenvalue weighted by Gasteiger charge is -2.10. The number of anilines is 2. The highest BCUT2D eigenvalue weighted by Crippen LogP contribution is 2.25. The van der Waals surface area contributed by atoms with Crippen molar-refractivity contribution in [2.45, 2.75) is 6.54 Å². The maximum atomic E-state index is 13.4. The van der Waals surface area contributed by atoms with Crippen LogP contribution in [0.3, 0.4) is 0 Å². The van der Waals surface area contributed by atoms with Gasteiger partial charge in [-0.15, -0.1) is 0 Å². The summed E-state index contributed by atoms with van der Waals surface area (Å²) in [5.74, 6) is -0.616. The zero-order valence-corrected chi connectivity index (χ0v) is 10.4. The molecule has 0 spiro atoms. The van der Waals surface area contributed by atoms with Crippen molar-refractivity contribution in [2.75, 3.05) is 18.2 Å². The molecule has 0 radical (unpaired) electrons. The van der Waals surface area contributed by atoms with Crippen molar-refractivity contribution < 1.29 is 13.5 Å². The average molecular weight is 264 g/mol. The minimum Gasteiger partial charge on any atom is -0.495 e. The Morgan fingerprint density at radius 1 is 1.16 bits per heavy atom. The highest BCUT2D eigenvalue weighted by atomic mass is 19.1. The summed E-state index contributed by atoms with van der Waals surface area (Å²) >= 11 is 0. The minimum atomic E-state index is -0.588. The van der Waals surface area contributed by atoms with E-state index in [4.69, 9.17) is 10.5 Å². The first kappa shape index (κ1) is 13.1. The molecule has 0 saturated heterocycles. The Kier molecular flexibility index (Phi) is 3.85. The van der Waals surface area contributed by atoms with Gasteiger partial charge >= 0.3 is 0 Å². The number of nitrogens with one attached hydrogen (secondary N) is 1. The van der Waals surface area contributed by atoms with Crippen LogP contribution >= 0.6 is 0 Å². The van der Waals surface area contributed by atoms with Gasteiger partial charge in [0.15, 0.2) is 0 Å². The first-order valence-electron chi connectivity index (χ1n) is 5.71. The maximum Gasteiger partial charge on any atom is 0.143 e. The van der Waals surface area contributed by atoms with Crippen LogP contribution in [-0.2, 0) is 6.54 Å². The molecule has 0 saturated carbocycles. The lowest BCUT2D eigenvalue weighted by atomic mass is 10.2. The van der Waals surface area contributed by atoms with E-state index in [2.05, 4.69) is 5.32 Å². The van der Waals surface area contributed by atoms with Crippen molar-refractivity contribution in [1.29, 1.82) is 0 Å². The van der Waals surface area contributed by atoms with Crippen LogP contribution in [0.15, 0.2) is 36.4 Å². The van der Waals surface area contributed by atoms with Gasteiger partial charge in [-0.1, -0.05) is 6.07 Å². The number of rotatable bonds is 4. The van der Waals surface area contributed by atoms with Gasteiger partial charge in [0.05, 0.1) is 12.8 Å². The van der Waals surface area contributed by atoms with Gasteiger partial charge in [-0.3, -0.25) is 0 Å². The zero-order valence-electron chi connectivity index (χ0n) is 10.4. The van der Waals surface area contributed by atoms with E-state index in [0.29, 0.717) is 17.0 Å². The number of benzene rings is 2. The van der Waals surface area contributed by atoms with Crippen LogP contribution in [-0.4, -0.2) is 7.11 Å². The van der Waals surface area contributed by atoms with Crippen molar-refractivity contribution >= 4 is 11.4 Å². The largest absolute Gasteiger partial charge is 0.495 e. The third-order valence-corrected chi connectivity index (χ3v) is 2.73. The van der Waals surface area contributed by atoms with Gasteiger partial charge in [0.1, 0.15) is 17.4 Å². The Morgan fingerprint density at radius 2 is 1.95 bits per heavy atom. The Bertz CT molecular complexity index is 588. The molecule has 19 heavy (non-hydrogen) atoms. The van der Waals surface area contributed by atoms with E-state index in [0.717, 1.165) is 11.8 Å². The van der Waals surface area contributed by atoms with Crippen molar-refractivity contribution in [3.8, 4) is 5.75 Å². The van der Waals surface area contributed by atoms with Gasteiger partial charge < -0.3 is 15.8 Å². The molecule has 0 fully saturated rings. The first-order chi connectivity index (χ1) is 9.10. The number of hydrogen-bond donors (Lipinski definition) is 2. The SMILES string of the molecule is COc1cc(NCc2ccc(F)cc2F)ccc1N. The van der Waals surface area contributed by atoms with Crippen LogP contribution in [0, 0.1) is 11.6 Å². The predicted molar refractivity (Wildman–Crippen MR) is 71.1 cm³/mol. The molecule has 0 aromatic heterocycles. The molecule has 0 amide bonds. The summed E-state index contributed by atoms with van der Waals surface area (Å²) in [7, 11) is 1.52. The fourth-order valence-electron chi connectivity index (χ4n) is 1.68. The molecule has 5 heteroatoms. The van der Waals surface area contributed by atoms with Gasteiger partial charge in [0.2, 0.25) is 0 Å². The molecule has 0 unspecified atom stereocenters. The molecule has 2 rings (SSSR count). The molecule has 0 atom stereocenters. The van der Waals surface area contributed by atoms with Crippen LogP contribution in [0.4, 0.5) is 20.2 Å². The van der Waals surface area contributed by atoms with Crippen molar-refractivity contribution in [3.05, 3.63) is 53.6 Å². The minimum absolute atomic E-state index is 0.249. The van der Waals surface area contributed by atoms with Gasteiger partial charge in [0.25, 0.3) is 0 Å². The summed E-state index contributed by atoms with van der Waals surface area (Å²) in [4.78, 5) is 0. The zero-order chi connectivity index (χ0) is 13.8. The monoisotopic (exact) mass is 264 g/mol. The van der Waals surface area contributed by atoms with Crippen molar-refractivity contribution in [1.82, 2.24) is 0 Å². The standard InChI is InChI=1S/C14H14F2N2O/c1-19-14-7-11(4-5-13(14)17)18-8-9-2-3-10(15)6-12(9)16/h2-7,18H,8,17H2,1H3. The van der Waals surface area contributed by atoms with Crippen LogP contribution in [0.1, 0.15) is 5.56 Å². The van der Waals surface area contributed by atoms with E-state index in [1.165, 1.54) is 19.2 Å². The molecule has 0 heterocycles. The van der Waals surface area contributed by atoms with Crippen LogP contribution in [0.2, 0.25) is 0 Å². The van der Waals surface area contributed by atoms with E-state index in [9.17, 15) is 8.78 Å². The Balaban J connectivity index is 2.10. The molecule has 0 aliphatic rings. The number of hydrogen-bond acceptors (Lipinski definition) is 3. The second-order valence-electron chi connectivity index (χ2n) is 4.05. The molecule has 3 nitrogen and oxygen atoms in total. The molecular weight excluding hydrogens is 250 g/mol. The van der Waals surface area contributed by atoms with Gasteiger partial charge in [0, 0.05) is 29.9 Å². The quantitative estimate of drug-likeness (QED) is 0.834. The second kappa shape index (κ2) is 5.56. The molecular formula is C14H14F2N2O. The summed E-state index contributed by atoms with van der Waals surface area (Å²) in [5, 5.41) is 3.03. The van der Waals surface area contributed by atoms with E-state index >= 15 is 0 Å². The number of ether oxygens (including phenoxy) is 1. The normalized spacial score (nSPS) is 10.3. The number of nitrogen functional groups attached to an aromatic ring is 1. The smallest absolute Gasteiger partial charge is 0.143 e. The Morgan fingerprint density at radius 3 is 2.63 bits per heavy atom. The fourth-order valence-corrected chi connectivity index (χ4v) is 1.68. The molecule has 3 N–H and O–H groups in total. The lowest BCUT2D eigenvalue weighted by Crippen LogP contribution is -2.03. The highest BCUT2D eigenvalue weighted by Gasteiger charge is 2.05. The van der Waals surface area contributed by atoms with Crippen molar-refractivity contribution in [2.24, 2.45) is 0 Å². The summed E-state index contributed by atoms with van der Waals surface area (Å²) in [6.45, 7) is 0.249. The van der Waals surface area contributed by atoms with Crippen LogP contribution in [0.5, 0.6) is 5.75 Å².